The molecule has 23 heavy (non-hydrogen) atoms. The Kier molecular flexibility index (Phi) is 4.10. The van der Waals surface area contributed by atoms with Crippen LogP contribution in [0.1, 0.15) is 12.0 Å². The van der Waals surface area contributed by atoms with Gasteiger partial charge in [0.05, 0.1) is 17.8 Å². The van der Waals surface area contributed by atoms with E-state index in [-0.39, 0.29) is 30.0 Å². The largest absolute Gasteiger partial charge is 0.338 e. The van der Waals surface area contributed by atoms with E-state index in [2.05, 4.69) is 10.4 Å². The Labute approximate surface area is 132 Å². The molecule has 0 unspecified atom stereocenters. The highest BCUT2D eigenvalue weighted by Crippen LogP contribution is 2.22. The van der Waals surface area contributed by atoms with Gasteiger partial charge in [-0.2, -0.15) is 5.10 Å². The number of aryl methyl sites for hydroxylation is 1. The first-order valence-corrected chi connectivity index (χ1v) is 7.33. The molecule has 120 valence electrons. The highest BCUT2D eigenvalue weighted by Gasteiger charge is 2.34. The summed E-state index contributed by atoms with van der Waals surface area (Å²) in [4.78, 5) is 25.9. The number of likely N-dealkylation sites (tertiary alicyclic amines) is 1. The van der Waals surface area contributed by atoms with Gasteiger partial charge in [-0.25, -0.2) is 4.39 Å². The maximum absolute atomic E-state index is 12.9. The van der Waals surface area contributed by atoms with Gasteiger partial charge in [-0.3, -0.25) is 14.3 Å². The molecular weight excluding hydrogens is 299 g/mol. The van der Waals surface area contributed by atoms with Crippen molar-refractivity contribution in [2.24, 2.45) is 13.0 Å². The third kappa shape index (κ3) is 3.56. The van der Waals surface area contributed by atoms with E-state index in [1.54, 1.807) is 41.2 Å². The SMILES string of the molecule is Cn1cc(NC(=O)[C@@H]2CC(=O)N(Cc3ccc(F)cc3)C2)cn1. The molecule has 3 rings (SSSR count). The van der Waals surface area contributed by atoms with Gasteiger partial charge in [0.25, 0.3) is 0 Å². The van der Waals surface area contributed by atoms with Gasteiger partial charge in [-0.15, -0.1) is 0 Å². The number of anilines is 1. The third-order valence-corrected chi connectivity index (χ3v) is 3.84. The lowest BCUT2D eigenvalue weighted by molar-refractivity contribution is -0.128. The predicted octanol–water partition coefficient (Wildman–Crippen LogP) is 1.55. The topological polar surface area (TPSA) is 67.2 Å². The predicted molar refractivity (Wildman–Crippen MR) is 81.8 cm³/mol. The molecule has 2 heterocycles. The molecule has 0 spiro atoms. The highest BCUT2D eigenvalue weighted by molar-refractivity contribution is 5.97. The van der Waals surface area contributed by atoms with Crippen LogP contribution >= 0.6 is 0 Å². The van der Waals surface area contributed by atoms with Gasteiger partial charge in [0.1, 0.15) is 5.82 Å². The summed E-state index contributed by atoms with van der Waals surface area (Å²) in [5.41, 5.74) is 1.45. The number of carbonyl (C=O) groups is 2. The molecule has 1 aliphatic heterocycles. The van der Waals surface area contributed by atoms with Crippen molar-refractivity contribution in [2.75, 3.05) is 11.9 Å². The van der Waals surface area contributed by atoms with Crippen molar-refractivity contribution >= 4 is 17.5 Å². The van der Waals surface area contributed by atoms with Crippen LogP contribution in [-0.2, 0) is 23.2 Å². The average molecular weight is 316 g/mol. The van der Waals surface area contributed by atoms with Gasteiger partial charge < -0.3 is 10.2 Å². The summed E-state index contributed by atoms with van der Waals surface area (Å²) in [7, 11) is 1.76. The van der Waals surface area contributed by atoms with Gasteiger partial charge in [0.15, 0.2) is 0 Å². The van der Waals surface area contributed by atoms with Crippen molar-refractivity contribution < 1.29 is 14.0 Å². The number of halogens is 1. The summed E-state index contributed by atoms with van der Waals surface area (Å²) in [5, 5.41) is 6.75. The maximum atomic E-state index is 12.9. The summed E-state index contributed by atoms with van der Waals surface area (Å²) in [6.07, 6.45) is 3.45. The monoisotopic (exact) mass is 316 g/mol. The van der Waals surface area contributed by atoms with Gasteiger partial charge in [0, 0.05) is 32.8 Å². The third-order valence-electron chi connectivity index (χ3n) is 3.84. The molecule has 1 saturated heterocycles. The Bertz CT molecular complexity index is 726. The summed E-state index contributed by atoms with van der Waals surface area (Å²) >= 11 is 0. The van der Waals surface area contributed by atoms with Gasteiger partial charge in [-0.1, -0.05) is 12.1 Å². The summed E-state index contributed by atoms with van der Waals surface area (Å²) < 4.78 is 14.5. The maximum Gasteiger partial charge on any atom is 0.229 e. The molecule has 1 atom stereocenters. The summed E-state index contributed by atoms with van der Waals surface area (Å²) in [6, 6.07) is 6.02. The number of rotatable bonds is 4. The number of carbonyl (C=O) groups excluding carboxylic acids is 2. The van der Waals surface area contributed by atoms with E-state index in [9.17, 15) is 14.0 Å². The molecule has 6 nitrogen and oxygen atoms in total. The molecule has 1 aromatic heterocycles. The van der Waals surface area contributed by atoms with E-state index in [1.165, 1.54) is 12.1 Å². The molecule has 0 aliphatic carbocycles. The minimum Gasteiger partial charge on any atom is -0.338 e. The van der Waals surface area contributed by atoms with Gasteiger partial charge in [0.2, 0.25) is 11.8 Å². The van der Waals surface area contributed by atoms with E-state index >= 15 is 0 Å². The number of amides is 2. The second kappa shape index (κ2) is 6.20. The van der Waals surface area contributed by atoms with Crippen LogP contribution in [0.25, 0.3) is 0 Å². The van der Waals surface area contributed by atoms with E-state index < -0.39 is 0 Å². The van der Waals surface area contributed by atoms with Crippen molar-refractivity contribution in [1.29, 1.82) is 0 Å². The van der Waals surface area contributed by atoms with Crippen molar-refractivity contribution in [3.63, 3.8) is 0 Å². The minimum absolute atomic E-state index is 0.0688. The van der Waals surface area contributed by atoms with Crippen LogP contribution in [0.3, 0.4) is 0 Å². The fourth-order valence-corrected chi connectivity index (χ4v) is 2.64. The van der Waals surface area contributed by atoms with Crippen LogP contribution in [-0.4, -0.2) is 33.0 Å². The second-order valence-corrected chi connectivity index (χ2v) is 5.69. The quantitative estimate of drug-likeness (QED) is 0.930. The van der Waals surface area contributed by atoms with Gasteiger partial charge in [-0.05, 0) is 17.7 Å². The standard InChI is InChI=1S/C16H17FN4O2/c1-20-10-14(7-18-20)19-16(23)12-6-15(22)21(9-12)8-11-2-4-13(17)5-3-11/h2-5,7,10,12H,6,8-9H2,1H3,(H,19,23)/t12-/m1/s1. The lowest BCUT2D eigenvalue weighted by Gasteiger charge is -2.16. The first kappa shape index (κ1) is 15.2. The Morgan fingerprint density at radius 1 is 1.39 bits per heavy atom. The van der Waals surface area contributed by atoms with E-state index in [1.807, 2.05) is 0 Å². The Morgan fingerprint density at radius 2 is 2.13 bits per heavy atom. The zero-order valence-corrected chi connectivity index (χ0v) is 12.7. The molecule has 1 aliphatic rings. The number of benzene rings is 1. The summed E-state index contributed by atoms with van der Waals surface area (Å²) in [5.74, 6) is -0.952. The molecule has 0 bridgehead atoms. The number of hydrogen-bond acceptors (Lipinski definition) is 3. The normalized spacial score (nSPS) is 17.6. The van der Waals surface area contributed by atoms with Crippen LogP contribution in [0.5, 0.6) is 0 Å². The van der Waals surface area contributed by atoms with E-state index in [0.717, 1.165) is 5.56 Å². The molecule has 0 radical (unpaired) electrons. The fourth-order valence-electron chi connectivity index (χ4n) is 2.64. The molecule has 2 amide bonds. The van der Waals surface area contributed by atoms with Crippen molar-refractivity contribution in [3.8, 4) is 0 Å². The number of aromatic nitrogens is 2. The zero-order valence-electron chi connectivity index (χ0n) is 12.7. The lowest BCUT2D eigenvalue weighted by atomic mass is 10.1. The van der Waals surface area contributed by atoms with Crippen LogP contribution in [0.2, 0.25) is 0 Å². The number of nitrogens with one attached hydrogen (secondary N) is 1. The van der Waals surface area contributed by atoms with Gasteiger partial charge >= 0.3 is 0 Å². The Hall–Kier alpha value is -2.70. The molecular formula is C16H17FN4O2. The lowest BCUT2D eigenvalue weighted by Crippen LogP contribution is -2.28. The highest BCUT2D eigenvalue weighted by atomic mass is 19.1. The number of nitrogens with zero attached hydrogens (tertiary/aromatic N) is 3. The van der Waals surface area contributed by atoms with Crippen LogP contribution < -0.4 is 5.32 Å². The zero-order chi connectivity index (χ0) is 16.4. The molecule has 7 heteroatoms. The van der Waals surface area contributed by atoms with E-state index in [4.69, 9.17) is 0 Å². The molecule has 1 N–H and O–H groups in total. The van der Waals surface area contributed by atoms with Crippen molar-refractivity contribution in [3.05, 3.63) is 48.0 Å². The first-order valence-electron chi connectivity index (χ1n) is 7.33. The average Bonchev–Trinajstić information content (AvgIpc) is 3.08. The smallest absolute Gasteiger partial charge is 0.229 e. The first-order chi connectivity index (χ1) is 11.0. The van der Waals surface area contributed by atoms with Crippen LogP contribution in [0, 0.1) is 11.7 Å². The fraction of sp³-hybridized carbons (Fsp3) is 0.312. The van der Waals surface area contributed by atoms with E-state index in [0.29, 0.717) is 18.8 Å². The molecule has 2 aromatic rings. The Morgan fingerprint density at radius 3 is 2.78 bits per heavy atom. The van der Waals surface area contributed by atoms with Crippen molar-refractivity contribution in [1.82, 2.24) is 14.7 Å². The van der Waals surface area contributed by atoms with Crippen LogP contribution in [0.4, 0.5) is 10.1 Å². The molecule has 1 aromatic carbocycles. The van der Waals surface area contributed by atoms with Crippen LogP contribution in [0.15, 0.2) is 36.7 Å². The second-order valence-electron chi connectivity index (χ2n) is 5.69. The molecule has 0 saturated carbocycles. The minimum atomic E-state index is -0.386. The Balaban J connectivity index is 1.60. The number of hydrogen-bond donors (Lipinski definition) is 1. The summed E-state index contributed by atoms with van der Waals surface area (Å²) in [6.45, 7) is 0.748. The molecule has 1 fully saturated rings. The van der Waals surface area contributed by atoms with Crippen molar-refractivity contribution in [2.45, 2.75) is 13.0 Å².